The number of carbonyl (C=O) groups is 1. The Hall–Kier alpha value is -1.19. The Balaban J connectivity index is 2.70. The van der Waals surface area contributed by atoms with E-state index in [0.29, 0.717) is 5.69 Å². The minimum absolute atomic E-state index is 0.0914. The van der Waals surface area contributed by atoms with Crippen LogP contribution in [0.4, 0.5) is 0 Å². The summed E-state index contributed by atoms with van der Waals surface area (Å²) in [5, 5.41) is 9.78. The Morgan fingerprint density at radius 1 is 1.58 bits per heavy atom. The van der Waals surface area contributed by atoms with Gasteiger partial charge in [-0.15, -0.1) is 0 Å². The fourth-order valence-corrected chi connectivity index (χ4v) is 1.19. The van der Waals surface area contributed by atoms with E-state index in [2.05, 4.69) is 15.4 Å². The quantitative estimate of drug-likeness (QED) is 0.690. The van der Waals surface area contributed by atoms with Gasteiger partial charge in [-0.05, 0) is 12.8 Å². The Labute approximate surface area is 71.4 Å². The third kappa shape index (κ3) is 1.69. The smallest absolute Gasteiger partial charge is 0.187 e. The van der Waals surface area contributed by atoms with Crippen LogP contribution < -0.4 is 0 Å². The van der Waals surface area contributed by atoms with E-state index in [-0.39, 0.29) is 11.7 Å². The van der Waals surface area contributed by atoms with E-state index in [4.69, 9.17) is 0 Å². The van der Waals surface area contributed by atoms with E-state index in [1.165, 1.54) is 6.20 Å². The molecule has 0 aliphatic rings. The summed E-state index contributed by atoms with van der Waals surface area (Å²) >= 11 is 0. The Morgan fingerprint density at radius 3 is 2.67 bits per heavy atom. The van der Waals surface area contributed by atoms with Gasteiger partial charge in [-0.1, -0.05) is 13.8 Å². The van der Waals surface area contributed by atoms with Crippen LogP contribution in [-0.2, 0) is 0 Å². The first-order chi connectivity index (χ1) is 5.79. The van der Waals surface area contributed by atoms with Crippen LogP contribution in [0.1, 0.15) is 37.2 Å². The molecule has 0 aromatic carbocycles. The first-order valence-corrected chi connectivity index (χ1v) is 4.19. The van der Waals surface area contributed by atoms with Gasteiger partial charge in [-0.3, -0.25) is 4.79 Å². The van der Waals surface area contributed by atoms with Crippen LogP contribution in [0.25, 0.3) is 0 Å². The van der Waals surface area contributed by atoms with Gasteiger partial charge in [0.05, 0.1) is 6.20 Å². The monoisotopic (exact) mass is 167 g/mol. The van der Waals surface area contributed by atoms with E-state index in [1.54, 1.807) is 0 Å². The summed E-state index contributed by atoms with van der Waals surface area (Å²) in [4.78, 5) is 11.5. The highest BCUT2D eigenvalue weighted by atomic mass is 16.1. The van der Waals surface area contributed by atoms with Gasteiger partial charge in [0, 0.05) is 5.92 Å². The van der Waals surface area contributed by atoms with Crippen molar-refractivity contribution in [2.24, 2.45) is 5.92 Å². The van der Waals surface area contributed by atoms with Crippen LogP contribution in [-0.4, -0.2) is 21.2 Å². The molecule has 4 nitrogen and oxygen atoms in total. The maximum absolute atomic E-state index is 11.5. The molecule has 66 valence electrons. The predicted molar refractivity (Wildman–Crippen MR) is 44.8 cm³/mol. The molecule has 1 aromatic heterocycles. The van der Waals surface area contributed by atoms with Crippen molar-refractivity contribution in [2.75, 3.05) is 0 Å². The summed E-state index contributed by atoms with van der Waals surface area (Å²) in [6, 6.07) is 0. The van der Waals surface area contributed by atoms with E-state index < -0.39 is 0 Å². The van der Waals surface area contributed by atoms with Gasteiger partial charge in [0.25, 0.3) is 0 Å². The molecule has 0 aliphatic heterocycles. The lowest BCUT2D eigenvalue weighted by Gasteiger charge is -2.07. The van der Waals surface area contributed by atoms with Crippen molar-refractivity contribution in [1.29, 1.82) is 0 Å². The number of Topliss-reactive ketones (excluding diaryl/α,β-unsaturated/α-hetero) is 1. The lowest BCUT2D eigenvalue weighted by molar-refractivity contribution is 0.0908. The molecule has 0 saturated heterocycles. The number of H-pyrrole nitrogens is 1. The second-order valence-electron chi connectivity index (χ2n) is 2.73. The first kappa shape index (κ1) is 8.90. The highest BCUT2D eigenvalue weighted by Crippen LogP contribution is 2.12. The number of aromatic amines is 1. The molecule has 0 spiro atoms. The summed E-state index contributed by atoms with van der Waals surface area (Å²) in [5.74, 6) is 0.184. The van der Waals surface area contributed by atoms with Gasteiger partial charge in [0.1, 0.15) is 5.69 Å². The van der Waals surface area contributed by atoms with Crippen LogP contribution in [0.15, 0.2) is 6.20 Å². The highest BCUT2D eigenvalue weighted by Gasteiger charge is 2.17. The molecule has 0 saturated carbocycles. The van der Waals surface area contributed by atoms with Crippen molar-refractivity contribution >= 4 is 5.78 Å². The number of ketones is 1. The Bertz CT molecular complexity index is 239. The standard InChI is InChI=1S/C8H13N3O/c1-3-6(4-2)8(12)7-5-9-11-10-7/h5-6H,3-4H2,1-2H3,(H,9,10,11). The number of rotatable bonds is 4. The van der Waals surface area contributed by atoms with Crippen molar-refractivity contribution in [3.05, 3.63) is 11.9 Å². The maximum Gasteiger partial charge on any atom is 0.187 e. The Morgan fingerprint density at radius 2 is 2.25 bits per heavy atom. The average molecular weight is 167 g/mol. The average Bonchev–Trinajstić information content (AvgIpc) is 2.58. The summed E-state index contributed by atoms with van der Waals surface area (Å²) in [6.07, 6.45) is 3.20. The van der Waals surface area contributed by atoms with E-state index in [9.17, 15) is 4.79 Å². The van der Waals surface area contributed by atoms with Crippen LogP contribution in [0.5, 0.6) is 0 Å². The van der Waals surface area contributed by atoms with Crippen molar-refractivity contribution in [2.45, 2.75) is 26.7 Å². The molecule has 1 aromatic rings. The van der Waals surface area contributed by atoms with Crippen LogP contribution in [0, 0.1) is 5.92 Å². The molecule has 0 atom stereocenters. The molecule has 0 unspecified atom stereocenters. The minimum Gasteiger partial charge on any atom is -0.292 e. The predicted octanol–water partition coefficient (Wildman–Crippen LogP) is 1.42. The number of hydrogen-bond donors (Lipinski definition) is 1. The molecule has 1 N–H and O–H groups in total. The van der Waals surface area contributed by atoms with Gasteiger partial charge in [0.2, 0.25) is 0 Å². The van der Waals surface area contributed by atoms with Gasteiger partial charge >= 0.3 is 0 Å². The first-order valence-electron chi connectivity index (χ1n) is 4.19. The molecule has 12 heavy (non-hydrogen) atoms. The van der Waals surface area contributed by atoms with Gasteiger partial charge in [-0.2, -0.15) is 15.4 Å². The van der Waals surface area contributed by atoms with E-state index in [1.807, 2.05) is 13.8 Å². The molecular weight excluding hydrogens is 154 g/mol. The second kappa shape index (κ2) is 3.99. The largest absolute Gasteiger partial charge is 0.292 e. The van der Waals surface area contributed by atoms with Crippen molar-refractivity contribution in [1.82, 2.24) is 15.4 Å². The number of nitrogens with one attached hydrogen (secondary N) is 1. The SMILES string of the molecule is CCC(CC)C(=O)c1cn[nH]n1. The molecule has 0 fully saturated rings. The molecule has 1 rings (SSSR count). The van der Waals surface area contributed by atoms with Crippen LogP contribution >= 0.6 is 0 Å². The van der Waals surface area contributed by atoms with Crippen molar-refractivity contribution < 1.29 is 4.79 Å². The second-order valence-corrected chi connectivity index (χ2v) is 2.73. The van der Waals surface area contributed by atoms with Crippen molar-refractivity contribution in [3.63, 3.8) is 0 Å². The number of hydrogen-bond acceptors (Lipinski definition) is 3. The highest BCUT2D eigenvalue weighted by molar-refractivity contribution is 5.95. The molecule has 4 heteroatoms. The zero-order valence-electron chi connectivity index (χ0n) is 7.37. The van der Waals surface area contributed by atoms with E-state index >= 15 is 0 Å². The van der Waals surface area contributed by atoms with Gasteiger partial charge in [-0.25, -0.2) is 0 Å². The summed E-state index contributed by atoms with van der Waals surface area (Å²) in [5.41, 5.74) is 0.448. The fourth-order valence-electron chi connectivity index (χ4n) is 1.19. The summed E-state index contributed by atoms with van der Waals surface area (Å²) in [7, 11) is 0. The van der Waals surface area contributed by atoms with Gasteiger partial charge < -0.3 is 0 Å². The Kier molecular flexibility index (Phi) is 2.96. The van der Waals surface area contributed by atoms with E-state index in [0.717, 1.165) is 12.8 Å². The maximum atomic E-state index is 11.5. The van der Waals surface area contributed by atoms with Crippen LogP contribution in [0.3, 0.4) is 0 Å². The third-order valence-corrected chi connectivity index (χ3v) is 2.02. The lowest BCUT2D eigenvalue weighted by Crippen LogP contribution is -2.13. The van der Waals surface area contributed by atoms with Gasteiger partial charge in [0.15, 0.2) is 5.78 Å². The number of aromatic nitrogens is 3. The normalized spacial score (nSPS) is 10.6. The molecule has 0 amide bonds. The molecule has 0 bridgehead atoms. The molecule has 0 radical (unpaired) electrons. The zero-order valence-corrected chi connectivity index (χ0v) is 7.37. The summed E-state index contributed by atoms with van der Waals surface area (Å²) in [6.45, 7) is 4.01. The minimum atomic E-state index is 0.0914. The lowest BCUT2D eigenvalue weighted by atomic mass is 9.96. The van der Waals surface area contributed by atoms with Crippen LogP contribution in [0.2, 0.25) is 0 Å². The summed E-state index contributed by atoms with van der Waals surface area (Å²) < 4.78 is 0. The molecule has 1 heterocycles. The number of carbonyl (C=O) groups excluding carboxylic acids is 1. The molecular formula is C8H13N3O. The fraction of sp³-hybridized carbons (Fsp3) is 0.625. The zero-order chi connectivity index (χ0) is 8.97. The van der Waals surface area contributed by atoms with Crippen molar-refractivity contribution in [3.8, 4) is 0 Å². The third-order valence-electron chi connectivity index (χ3n) is 2.02. The molecule has 0 aliphatic carbocycles. The topological polar surface area (TPSA) is 58.6 Å². The number of nitrogens with zero attached hydrogens (tertiary/aromatic N) is 2.